The van der Waals surface area contributed by atoms with Crippen molar-refractivity contribution in [2.24, 2.45) is 7.05 Å². The molecule has 1 fully saturated rings. The number of thiazole rings is 1. The van der Waals surface area contributed by atoms with Gasteiger partial charge in [0.05, 0.1) is 21.3 Å². The number of rotatable bonds is 8. The zero-order valence-electron chi connectivity index (χ0n) is 20.6. The maximum atomic E-state index is 12.8. The number of imidazole rings is 1. The van der Waals surface area contributed by atoms with E-state index in [1.807, 2.05) is 7.05 Å². The van der Waals surface area contributed by atoms with Crippen LogP contribution in [0.2, 0.25) is 0 Å². The topological polar surface area (TPSA) is 101 Å². The predicted octanol–water partition coefficient (Wildman–Crippen LogP) is 4.61. The van der Waals surface area contributed by atoms with Gasteiger partial charge in [-0.25, -0.2) is 9.97 Å². The number of likely N-dealkylation sites (N-methyl/N-ethyl adjacent to an activating group) is 1. The summed E-state index contributed by atoms with van der Waals surface area (Å²) in [4.78, 5) is 36.1. The SMILES string of the molecule is CN[C@@H]1CCN(C(=O)CCC(=O)c2ccc3c(c2)nc(Nc2nc4ccc(OC(F)(F)F)cc4s2)n3C)C1. The highest BCUT2D eigenvalue weighted by atomic mass is 32.1. The Labute approximate surface area is 219 Å². The molecule has 0 spiro atoms. The number of carbonyl (C=O) groups is 2. The van der Waals surface area contributed by atoms with Gasteiger partial charge in [-0.15, -0.1) is 13.2 Å². The Morgan fingerprint density at radius 1 is 1.13 bits per heavy atom. The number of ether oxygens (including phenoxy) is 1. The molecular formula is C25H25F3N6O3S. The molecule has 0 bridgehead atoms. The van der Waals surface area contributed by atoms with Crippen LogP contribution in [0.25, 0.3) is 21.3 Å². The van der Waals surface area contributed by atoms with Gasteiger partial charge in [0, 0.05) is 50.7 Å². The number of likely N-dealkylation sites (tertiary alicyclic amines) is 1. The number of fused-ring (bicyclic) bond motifs is 2. The molecule has 9 nitrogen and oxygen atoms in total. The first kappa shape index (κ1) is 25.9. The summed E-state index contributed by atoms with van der Waals surface area (Å²) in [7, 11) is 3.68. The van der Waals surface area contributed by atoms with E-state index < -0.39 is 6.36 Å². The van der Waals surface area contributed by atoms with Gasteiger partial charge < -0.3 is 24.8 Å². The summed E-state index contributed by atoms with van der Waals surface area (Å²) < 4.78 is 43.9. The average molecular weight is 547 g/mol. The molecule has 0 radical (unpaired) electrons. The van der Waals surface area contributed by atoms with Crippen LogP contribution in [0.1, 0.15) is 29.6 Å². The number of halogens is 3. The summed E-state index contributed by atoms with van der Waals surface area (Å²) in [5.41, 5.74) is 2.35. The first-order chi connectivity index (χ1) is 18.1. The lowest BCUT2D eigenvalue weighted by molar-refractivity contribution is -0.274. The Kier molecular flexibility index (Phi) is 6.97. The second kappa shape index (κ2) is 10.2. The fraction of sp³-hybridized carbons (Fsp3) is 0.360. The molecule has 4 aromatic rings. The van der Waals surface area contributed by atoms with Crippen molar-refractivity contribution in [2.45, 2.75) is 31.7 Å². The molecule has 200 valence electrons. The van der Waals surface area contributed by atoms with Crippen molar-refractivity contribution >= 4 is 55.4 Å². The van der Waals surface area contributed by atoms with Crippen LogP contribution >= 0.6 is 11.3 Å². The number of nitrogens with zero attached hydrogens (tertiary/aromatic N) is 4. The van der Waals surface area contributed by atoms with E-state index in [4.69, 9.17) is 0 Å². The molecule has 38 heavy (non-hydrogen) atoms. The Morgan fingerprint density at radius 3 is 2.68 bits per heavy atom. The third kappa shape index (κ3) is 5.58. The molecule has 2 aromatic heterocycles. The molecule has 3 heterocycles. The van der Waals surface area contributed by atoms with Crippen molar-refractivity contribution in [3.63, 3.8) is 0 Å². The molecule has 13 heteroatoms. The molecule has 1 atom stereocenters. The van der Waals surface area contributed by atoms with Gasteiger partial charge in [-0.2, -0.15) is 0 Å². The number of aromatic nitrogens is 3. The lowest BCUT2D eigenvalue weighted by Crippen LogP contribution is -2.33. The van der Waals surface area contributed by atoms with Crippen molar-refractivity contribution in [3.05, 3.63) is 42.0 Å². The number of anilines is 2. The summed E-state index contributed by atoms with van der Waals surface area (Å²) in [5.74, 6) is -0.00890. The molecule has 2 aromatic carbocycles. The van der Waals surface area contributed by atoms with E-state index in [0.29, 0.717) is 51.5 Å². The van der Waals surface area contributed by atoms with Crippen LogP contribution in [-0.2, 0) is 11.8 Å². The number of carbonyl (C=O) groups excluding carboxylic acids is 2. The van der Waals surface area contributed by atoms with Gasteiger partial charge in [0.2, 0.25) is 11.9 Å². The Hall–Kier alpha value is -3.71. The molecule has 0 saturated carbocycles. The fourth-order valence-corrected chi connectivity index (χ4v) is 5.37. The van der Waals surface area contributed by atoms with Crippen molar-refractivity contribution in [1.82, 2.24) is 24.8 Å². The van der Waals surface area contributed by atoms with Crippen LogP contribution in [0.4, 0.5) is 24.3 Å². The minimum atomic E-state index is -4.77. The highest BCUT2D eigenvalue weighted by Gasteiger charge is 2.31. The minimum absolute atomic E-state index is 0.0191. The summed E-state index contributed by atoms with van der Waals surface area (Å²) in [5, 5.41) is 6.72. The van der Waals surface area contributed by atoms with Crippen LogP contribution in [0.3, 0.4) is 0 Å². The first-order valence-electron chi connectivity index (χ1n) is 12.0. The van der Waals surface area contributed by atoms with E-state index in [2.05, 4.69) is 25.3 Å². The molecule has 5 rings (SSSR count). The molecule has 2 N–H and O–H groups in total. The molecule has 1 amide bonds. The molecule has 1 saturated heterocycles. The Balaban J connectivity index is 1.27. The fourth-order valence-electron chi connectivity index (χ4n) is 4.48. The van der Waals surface area contributed by atoms with Gasteiger partial charge >= 0.3 is 6.36 Å². The number of nitrogens with one attached hydrogen (secondary N) is 2. The number of hydrogen-bond donors (Lipinski definition) is 2. The van der Waals surface area contributed by atoms with Gasteiger partial charge in [-0.3, -0.25) is 9.59 Å². The standard InChI is InChI=1S/C25H25F3N6O3S/c1-29-15-9-10-34(13-15)22(36)8-7-20(35)14-3-6-19-18(11-14)30-23(33(19)2)32-24-31-17-5-4-16(12-21(17)38-24)37-25(26,27)28/h3-6,11-12,15,29H,7-10,13H2,1-2H3,(H,30,31,32)/t15-/m1/s1. The second-order valence-electron chi connectivity index (χ2n) is 9.06. The van der Waals surface area contributed by atoms with E-state index in [9.17, 15) is 22.8 Å². The number of alkyl halides is 3. The van der Waals surface area contributed by atoms with Crippen LogP contribution in [0.15, 0.2) is 36.4 Å². The molecule has 0 unspecified atom stereocenters. The smallest absolute Gasteiger partial charge is 0.406 e. The molecular weight excluding hydrogens is 521 g/mol. The quantitative estimate of drug-likeness (QED) is 0.311. The van der Waals surface area contributed by atoms with Gasteiger partial charge in [0.1, 0.15) is 5.75 Å². The number of amides is 1. The lowest BCUT2D eigenvalue weighted by atomic mass is 10.1. The van der Waals surface area contributed by atoms with E-state index in [-0.39, 0.29) is 30.3 Å². The summed E-state index contributed by atoms with van der Waals surface area (Å²) in [6.45, 7) is 1.36. The zero-order valence-corrected chi connectivity index (χ0v) is 21.4. The van der Waals surface area contributed by atoms with Crippen molar-refractivity contribution in [3.8, 4) is 5.75 Å². The van der Waals surface area contributed by atoms with Crippen molar-refractivity contribution in [2.75, 3.05) is 25.5 Å². The monoisotopic (exact) mass is 546 g/mol. The number of benzene rings is 2. The lowest BCUT2D eigenvalue weighted by Gasteiger charge is -2.16. The second-order valence-corrected chi connectivity index (χ2v) is 10.1. The van der Waals surface area contributed by atoms with Crippen LogP contribution in [0.5, 0.6) is 5.75 Å². The van der Waals surface area contributed by atoms with Crippen molar-refractivity contribution < 1.29 is 27.5 Å². The number of hydrogen-bond acceptors (Lipinski definition) is 8. The van der Waals surface area contributed by atoms with Gasteiger partial charge in [-0.1, -0.05) is 11.3 Å². The highest BCUT2D eigenvalue weighted by molar-refractivity contribution is 7.22. The maximum absolute atomic E-state index is 12.8. The van der Waals surface area contributed by atoms with Gasteiger partial charge in [0.15, 0.2) is 10.9 Å². The maximum Gasteiger partial charge on any atom is 0.573 e. The number of ketones is 1. The molecule has 0 aliphatic carbocycles. The zero-order chi connectivity index (χ0) is 27.0. The molecule has 1 aliphatic heterocycles. The Bertz CT molecular complexity index is 1520. The normalized spacial score (nSPS) is 15.9. The number of aryl methyl sites for hydroxylation is 1. The van der Waals surface area contributed by atoms with Gasteiger partial charge in [0.25, 0.3) is 0 Å². The van der Waals surface area contributed by atoms with Crippen molar-refractivity contribution in [1.29, 1.82) is 0 Å². The largest absolute Gasteiger partial charge is 0.573 e. The van der Waals surface area contributed by atoms with E-state index in [1.165, 1.54) is 18.2 Å². The summed E-state index contributed by atoms with van der Waals surface area (Å²) in [6.07, 6.45) is -3.58. The van der Waals surface area contributed by atoms with Gasteiger partial charge in [-0.05, 0) is 43.8 Å². The van der Waals surface area contributed by atoms with E-state index in [0.717, 1.165) is 23.3 Å². The third-order valence-electron chi connectivity index (χ3n) is 6.53. The first-order valence-corrected chi connectivity index (χ1v) is 12.8. The summed E-state index contributed by atoms with van der Waals surface area (Å²) >= 11 is 1.16. The summed E-state index contributed by atoms with van der Waals surface area (Å²) in [6, 6.07) is 9.45. The third-order valence-corrected chi connectivity index (χ3v) is 7.46. The predicted molar refractivity (Wildman–Crippen MR) is 138 cm³/mol. The average Bonchev–Trinajstić information content (AvgIpc) is 3.58. The van der Waals surface area contributed by atoms with E-state index in [1.54, 1.807) is 34.7 Å². The van der Waals surface area contributed by atoms with E-state index >= 15 is 0 Å². The molecule has 1 aliphatic rings. The number of Topliss-reactive ketones (excluding diaryl/α,β-unsaturated/α-hetero) is 1. The van der Waals surface area contributed by atoms with Crippen LogP contribution in [0, 0.1) is 0 Å². The highest BCUT2D eigenvalue weighted by Crippen LogP contribution is 2.33. The minimum Gasteiger partial charge on any atom is -0.406 e. The van der Waals surface area contributed by atoms with Crippen LogP contribution in [-0.4, -0.2) is 63.7 Å². The van der Waals surface area contributed by atoms with Crippen LogP contribution < -0.4 is 15.4 Å². The Morgan fingerprint density at radius 2 is 1.95 bits per heavy atom.